The van der Waals surface area contributed by atoms with Gasteiger partial charge in [-0.3, -0.25) is 4.99 Å². The Morgan fingerprint density at radius 2 is 1.00 bits per heavy atom. The summed E-state index contributed by atoms with van der Waals surface area (Å²) in [5.74, 6) is 0.946. The van der Waals surface area contributed by atoms with Crippen molar-refractivity contribution in [2.45, 2.75) is 122 Å². The molecule has 1 heterocycles. The summed E-state index contributed by atoms with van der Waals surface area (Å²) >= 11 is 0. The third kappa shape index (κ3) is 10.7. The maximum Gasteiger partial charge on any atom is 0.146 e. The molecule has 0 saturated heterocycles. The molecule has 0 bridgehead atoms. The highest BCUT2D eigenvalue weighted by Gasteiger charge is 2.07. The monoisotopic (exact) mass is 374 g/mol. The van der Waals surface area contributed by atoms with Gasteiger partial charge in [0.2, 0.25) is 0 Å². The molecule has 2 aliphatic rings. The molecule has 0 aromatic carbocycles. The van der Waals surface area contributed by atoms with Crippen molar-refractivity contribution in [3.05, 3.63) is 11.4 Å². The predicted molar refractivity (Wildman–Crippen MR) is 116 cm³/mol. The fourth-order valence-electron chi connectivity index (χ4n) is 4.03. The summed E-state index contributed by atoms with van der Waals surface area (Å²) < 4.78 is 0. The lowest BCUT2D eigenvalue weighted by Gasteiger charge is -2.10. The molecule has 2 N–H and O–H groups in total. The quantitative estimate of drug-likeness (QED) is 0.476. The summed E-state index contributed by atoms with van der Waals surface area (Å²) in [6.07, 6.45) is 23.8. The maximum atomic E-state index is 6.40. The van der Waals surface area contributed by atoms with E-state index in [4.69, 9.17) is 10.7 Å². The smallest absolute Gasteiger partial charge is 0.146 e. The second-order valence-electron chi connectivity index (χ2n) is 8.38. The number of aliphatic imine (C=N–C) groups is 1. The van der Waals surface area contributed by atoms with Crippen molar-refractivity contribution in [2.24, 2.45) is 21.0 Å². The van der Waals surface area contributed by atoms with Gasteiger partial charge in [0.05, 0.1) is 5.70 Å². The third-order valence-corrected chi connectivity index (χ3v) is 5.87. The van der Waals surface area contributed by atoms with Crippen LogP contribution >= 0.6 is 0 Å². The Balaban J connectivity index is 1.98. The van der Waals surface area contributed by atoms with Crippen molar-refractivity contribution >= 4 is 5.84 Å². The van der Waals surface area contributed by atoms with Gasteiger partial charge in [0, 0.05) is 18.7 Å². The minimum Gasteiger partial charge on any atom is -0.401 e. The molecule has 154 valence electrons. The first-order valence-electron chi connectivity index (χ1n) is 11.8. The van der Waals surface area contributed by atoms with Crippen LogP contribution in [0.15, 0.2) is 26.6 Å². The number of rotatable bonds is 1. The molecule has 0 fully saturated rings. The zero-order chi connectivity index (χ0) is 19.0. The third-order valence-electron chi connectivity index (χ3n) is 5.87. The Morgan fingerprint density at radius 3 is 1.63 bits per heavy atom. The molecule has 1 aliphatic heterocycles. The summed E-state index contributed by atoms with van der Waals surface area (Å²) in [4.78, 5) is 4.76. The lowest BCUT2D eigenvalue weighted by Crippen LogP contribution is -2.04. The van der Waals surface area contributed by atoms with Gasteiger partial charge in [0.1, 0.15) is 5.84 Å². The summed E-state index contributed by atoms with van der Waals surface area (Å²) in [5.41, 5.74) is 8.40. The molecule has 27 heavy (non-hydrogen) atoms. The van der Waals surface area contributed by atoms with E-state index in [0.717, 1.165) is 43.0 Å². The first kappa shape index (κ1) is 22.1. The Labute approximate surface area is 167 Å². The molecule has 4 nitrogen and oxygen atoms in total. The average molecular weight is 375 g/mol. The Kier molecular flexibility index (Phi) is 12.1. The van der Waals surface area contributed by atoms with Crippen LogP contribution in [0.3, 0.4) is 0 Å². The highest BCUT2D eigenvalue weighted by molar-refractivity contribution is 5.82. The Bertz CT molecular complexity index is 479. The fraction of sp³-hybridized carbons (Fsp3) is 0.870. The minimum atomic E-state index is 0.906. The molecule has 0 atom stereocenters. The van der Waals surface area contributed by atoms with Crippen LogP contribution in [0.4, 0.5) is 0 Å². The molecule has 2 rings (SSSR count). The highest BCUT2D eigenvalue weighted by atomic mass is 15.2. The van der Waals surface area contributed by atoms with Crippen molar-refractivity contribution in [3.63, 3.8) is 0 Å². The van der Waals surface area contributed by atoms with Gasteiger partial charge < -0.3 is 5.73 Å². The molecule has 0 amide bonds. The van der Waals surface area contributed by atoms with Crippen LogP contribution in [0.5, 0.6) is 0 Å². The Hall–Kier alpha value is -1.19. The van der Waals surface area contributed by atoms with Gasteiger partial charge in [0.25, 0.3) is 0 Å². The molecule has 1 aliphatic carbocycles. The van der Waals surface area contributed by atoms with Crippen LogP contribution in [0.1, 0.15) is 122 Å². The van der Waals surface area contributed by atoms with Gasteiger partial charge in [-0.05, 0) is 38.5 Å². The lowest BCUT2D eigenvalue weighted by atomic mass is 10.0. The van der Waals surface area contributed by atoms with Gasteiger partial charge >= 0.3 is 0 Å². The lowest BCUT2D eigenvalue weighted by molar-refractivity contribution is 0.555. The molecule has 0 saturated carbocycles. The molecule has 4 heteroatoms. The summed E-state index contributed by atoms with van der Waals surface area (Å²) in [6.45, 7) is 0.906. The maximum absolute atomic E-state index is 6.40. The van der Waals surface area contributed by atoms with Crippen molar-refractivity contribution in [3.8, 4) is 0 Å². The summed E-state index contributed by atoms with van der Waals surface area (Å²) in [7, 11) is 0. The van der Waals surface area contributed by atoms with Gasteiger partial charge in [0.15, 0.2) is 0 Å². The normalized spacial score (nSPS) is 28.2. The van der Waals surface area contributed by atoms with Gasteiger partial charge in [-0.1, -0.05) is 77.0 Å². The van der Waals surface area contributed by atoms with E-state index in [-0.39, 0.29) is 0 Å². The van der Waals surface area contributed by atoms with Crippen LogP contribution in [0.2, 0.25) is 0 Å². The van der Waals surface area contributed by atoms with E-state index in [0.29, 0.717) is 0 Å². The van der Waals surface area contributed by atoms with Crippen LogP contribution in [0, 0.1) is 0 Å². The zero-order valence-corrected chi connectivity index (χ0v) is 17.6. The first-order chi connectivity index (χ1) is 13.4. The summed E-state index contributed by atoms with van der Waals surface area (Å²) in [5, 5.41) is 9.22. The van der Waals surface area contributed by atoms with E-state index in [1.165, 1.54) is 103 Å². The number of nitrogens with zero attached hydrogens (tertiary/aromatic N) is 3. The van der Waals surface area contributed by atoms with Gasteiger partial charge in [-0.2, -0.15) is 5.11 Å². The van der Waals surface area contributed by atoms with E-state index < -0.39 is 0 Å². The number of hydrogen-bond acceptors (Lipinski definition) is 4. The number of allylic oxidation sites excluding steroid dienone is 2. The standard InChI is InChI=1S/C23H42N4/c24-21-17-13-9-5-1-2-6-10-14-18-22(21)26-27-23-19-15-11-7-3-4-8-12-16-20-25-23/h1-20,24H2/b22-21-,25-23+,27-26-. The van der Waals surface area contributed by atoms with Crippen molar-refractivity contribution in [1.82, 2.24) is 0 Å². The molecular formula is C23H42N4. The van der Waals surface area contributed by atoms with E-state index in [1.807, 2.05) is 0 Å². The SMILES string of the molecule is N\C1=C(/N=N\C2=N\CCCCCCCCCC2)CCCCCCCCCC1. The van der Waals surface area contributed by atoms with E-state index in [9.17, 15) is 0 Å². The number of hydrogen-bond donors (Lipinski definition) is 1. The number of amidine groups is 1. The number of azo groups is 1. The predicted octanol–water partition coefficient (Wildman–Crippen LogP) is 7.45. The molecular weight excluding hydrogens is 332 g/mol. The molecule has 0 aromatic rings. The summed E-state index contributed by atoms with van der Waals surface area (Å²) in [6, 6.07) is 0. The van der Waals surface area contributed by atoms with Crippen molar-refractivity contribution < 1.29 is 0 Å². The van der Waals surface area contributed by atoms with E-state index in [2.05, 4.69) is 10.2 Å². The molecule has 0 aromatic heterocycles. The number of nitrogens with two attached hydrogens (primary N) is 1. The topological polar surface area (TPSA) is 63.1 Å². The van der Waals surface area contributed by atoms with Gasteiger partial charge in [-0.15, -0.1) is 5.11 Å². The molecule has 0 unspecified atom stereocenters. The van der Waals surface area contributed by atoms with Crippen LogP contribution in [0.25, 0.3) is 0 Å². The second kappa shape index (κ2) is 14.8. The average Bonchev–Trinajstić information content (AvgIpc) is 2.65. The Morgan fingerprint density at radius 1 is 0.519 bits per heavy atom. The first-order valence-corrected chi connectivity index (χ1v) is 11.8. The van der Waals surface area contributed by atoms with Crippen LogP contribution in [-0.2, 0) is 0 Å². The molecule has 0 radical (unpaired) electrons. The van der Waals surface area contributed by atoms with E-state index in [1.54, 1.807) is 0 Å². The van der Waals surface area contributed by atoms with E-state index >= 15 is 0 Å². The van der Waals surface area contributed by atoms with Crippen LogP contribution in [-0.4, -0.2) is 12.4 Å². The van der Waals surface area contributed by atoms with Crippen molar-refractivity contribution in [1.29, 1.82) is 0 Å². The van der Waals surface area contributed by atoms with Gasteiger partial charge in [-0.25, -0.2) is 0 Å². The molecule has 0 spiro atoms. The fourth-order valence-corrected chi connectivity index (χ4v) is 4.03. The zero-order valence-electron chi connectivity index (χ0n) is 17.6. The highest BCUT2D eigenvalue weighted by Crippen LogP contribution is 2.21. The second-order valence-corrected chi connectivity index (χ2v) is 8.38. The minimum absolute atomic E-state index is 0.906. The van der Waals surface area contributed by atoms with Crippen molar-refractivity contribution in [2.75, 3.05) is 6.54 Å². The van der Waals surface area contributed by atoms with Crippen LogP contribution < -0.4 is 5.73 Å². The largest absolute Gasteiger partial charge is 0.401 e.